The average molecular weight is 220 g/mol. The largest absolute Gasteiger partial charge is 0.481 e. The minimum absolute atomic E-state index is 0.100. The number of nitrogens with zero attached hydrogens (tertiary/aromatic N) is 1. The lowest BCUT2D eigenvalue weighted by molar-refractivity contribution is -0.139. The Hall–Kier alpha value is -1.32. The van der Waals surface area contributed by atoms with E-state index in [0.717, 1.165) is 18.5 Å². The second-order valence-corrected chi connectivity index (χ2v) is 5.53. The number of aromatic amines is 1. The van der Waals surface area contributed by atoms with Gasteiger partial charge in [-0.25, -0.2) is 0 Å². The van der Waals surface area contributed by atoms with Crippen molar-refractivity contribution in [2.45, 2.75) is 39.0 Å². The highest BCUT2D eigenvalue weighted by atomic mass is 16.4. The number of aliphatic carboxylic acids is 1. The summed E-state index contributed by atoms with van der Waals surface area (Å²) in [5.74, 6) is -0.853. The molecule has 2 unspecified atom stereocenters. The van der Waals surface area contributed by atoms with Gasteiger partial charge in [-0.15, -0.1) is 0 Å². The average Bonchev–Trinajstić information content (AvgIpc) is 2.55. The molecule has 1 heterocycles. The number of nitrogens with one attached hydrogen (secondary N) is 1. The molecule has 2 aliphatic rings. The zero-order chi connectivity index (χ0) is 11.5. The van der Waals surface area contributed by atoms with Crippen LogP contribution in [0.1, 0.15) is 43.1 Å². The summed E-state index contributed by atoms with van der Waals surface area (Å²) >= 11 is 0. The molecule has 0 saturated heterocycles. The zero-order valence-electron chi connectivity index (χ0n) is 9.58. The van der Waals surface area contributed by atoms with Crippen LogP contribution in [0.3, 0.4) is 0 Å². The van der Waals surface area contributed by atoms with Crippen molar-refractivity contribution in [1.29, 1.82) is 0 Å². The van der Waals surface area contributed by atoms with Gasteiger partial charge in [-0.05, 0) is 30.2 Å². The minimum Gasteiger partial charge on any atom is -0.481 e. The molecule has 1 aromatic heterocycles. The molecule has 16 heavy (non-hydrogen) atoms. The Bertz CT molecular complexity index is 462. The summed E-state index contributed by atoms with van der Waals surface area (Å²) in [6, 6.07) is 0. The first-order chi connectivity index (χ1) is 7.53. The summed E-state index contributed by atoms with van der Waals surface area (Å²) in [4.78, 5) is 11.1. The maximum Gasteiger partial charge on any atom is 0.307 e. The van der Waals surface area contributed by atoms with Gasteiger partial charge in [0.1, 0.15) is 0 Å². The van der Waals surface area contributed by atoms with Crippen molar-refractivity contribution in [2.24, 2.45) is 11.3 Å². The van der Waals surface area contributed by atoms with Crippen LogP contribution in [0.25, 0.3) is 0 Å². The molecule has 0 radical (unpaired) electrons. The highest BCUT2D eigenvalue weighted by Crippen LogP contribution is 2.64. The number of fused-ring (bicyclic) bond motifs is 1. The first-order valence-corrected chi connectivity index (χ1v) is 5.82. The summed E-state index contributed by atoms with van der Waals surface area (Å²) in [6.07, 6.45) is 3.29. The summed E-state index contributed by atoms with van der Waals surface area (Å²) in [6.45, 7) is 4.04. The molecule has 2 N–H and O–H groups in total. The van der Waals surface area contributed by atoms with E-state index in [-0.39, 0.29) is 17.3 Å². The van der Waals surface area contributed by atoms with Crippen molar-refractivity contribution in [2.75, 3.05) is 0 Å². The topological polar surface area (TPSA) is 66.0 Å². The predicted octanol–water partition coefficient (Wildman–Crippen LogP) is 1.72. The van der Waals surface area contributed by atoms with Gasteiger partial charge in [0.05, 0.1) is 11.6 Å². The molecule has 0 bridgehead atoms. The van der Waals surface area contributed by atoms with Crippen LogP contribution in [-0.4, -0.2) is 21.3 Å². The fourth-order valence-corrected chi connectivity index (χ4v) is 3.21. The Balaban J connectivity index is 1.97. The molecule has 1 saturated carbocycles. The molecule has 1 fully saturated rings. The van der Waals surface area contributed by atoms with E-state index < -0.39 is 5.97 Å². The van der Waals surface area contributed by atoms with E-state index >= 15 is 0 Å². The Morgan fingerprint density at radius 1 is 1.50 bits per heavy atom. The van der Waals surface area contributed by atoms with Gasteiger partial charge in [0.15, 0.2) is 0 Å². The van der Waals surface area contributed by atoms with Crippen LogP contribution in [0.15, 0.2) is 0 Å². The van der Waals surface area contributed by atoms with Crippen molar-refractivity contribution in [3.8, 4) is 0 Å². The molecule has 86 valence electrons. The number of rotatable bonds is 2. The van der Waals surface area contributed by atoms with Crippen molar-refractivity contribution in [3.63, 3.8) is 0 Å². The molecule has 0 aliphatic heterocycles. The third-order valence-corrected chi connectivity index (χ3v) is 4.23. The van der Waals surface area contributed by atoms with E-state index in [1.165, 1.54) is 17.7 Å². The van der Waals surface area contributed by atoms with E-state index in [1.54, 1.807) is 0 Å². The van der Waals surface area contributed by atoms with Crippen LogP contribution in [-0.2, 0) is 17.6 Å². The van der Waals surface area contributed by atoms with Crippen molar-refractivity contribution >= 4 is 5.97 Å². The third kappa shape index (κ3) is 1.10. The molecular weight excluding hydrogens is 204 g/mol. The number of carboxylic acids is 1. The molecule has 4 heteroatoms. The standard InChI is InChI=1S/C12H16N2O2/c1-12(2)8(9(12)11(15)16)10-6-4-3-5-7(6)13-14-10/h8-9H,3-5H2,1-2H3,(H,13,14)(H,15,16). The first-order valence-electron chi connectivity index (χ1n) is 5.82. The van der Waals surface area contributed by atoms with E-state index in [1.807, 2.05) is 13.8 Å². The highest BCUT2D eigenvalue weighted by Gasteiger charge is 2.64. The van der Waals surface area contributed by atoms with Gasteiger partial charge in [0.2, 0.25) is 0 Å². The van der Waals surface area contributed by atoms with Gasteiger partial charge in [-0.2, -0.15) is 5.10 Å². The van der Waals surface area contributed by atoms with E-state index in [9.17, 15) is 4.79 Å². The number of hydrogen-bond acceptors (Lipinski definition) is 2. The Morgan fingerprint density at radius 2 is 2.25 bits per heavy atom. The molecule has 3 rings (SSSR count). The van der Waals surface area contributed by atoms with E-state index in [4.69, 9.17) is 5.11 Å². The molecule has 2 aliphatic carbocycles. The smallest absolute Gasteiger partial charge is 0.307 e. The molecule has 0 amide bonds. The second kappa shape index (κ2) is 2.87. The van der Waals surface area contributed by atoms with Gasteiger partial charge >= 0.3 is 5.97 Å². The SMILES string of the molecule is CC1(C)C(C(=O)O)C1c1n[nH]c2c1CCC2. The van der Waals surface area contributed by atoms with Gasteiger partial charge in [-0.3, -0.25) is 9.89 Å². The quantitative estimate of drug-likeness (QED) is 0.797. The molecule has 0 spiro atoms. The Labute approximate surface area is 94.1 Å². The molecule has 0 aromatic carbocycles. The van der Waals surface area contributed by atoms with Crippen LogP contribution in [0.2, 0.25) is 0 Å². The summed E-state index contributed by atoms with van der Waals surface area (Å²) in [7, 11) is 0. The minimum atomic E-state index is -0.690. The number of aryl methyl sites for hydroxylation is 1. The van der Waals surface area contributed by atoms with Crippen molar-refractivity contribution in [1.82, 2.24) is 10.2 Å². The van der Waals surface area contributed by atoms with Crippen LogP contribution >= 0.6 is 0 Å². The van der Waals surface area contributed by atoms with Crippen molar-refractivity contribution in [3.05, 3.63) is 17.0 Å². The van der Waals surface area contributed by atoms with Crippen LogP contribution < -0.4 is 0 Å². The summed E-state index contributed by atoms with van der Waals surface area (Å²) in [5, 5.41) is 16.6. The normalized spacial score (nSPS) is 30.1. The lowest BCUT2D eigenvalue weighted by Crippen LogP contribution is -2.03. The van der Waals surface area contributed by atoms with Crippen molar-refractivity contribution < 1.29 is 9.90 Å². The first kappa shape index (κ1) is 9.87. The van der Waals surface area contributed by atoms with E-state index in [0.29, 0.717) is 0 Å². The summed E-state index contributed by atoms with van der Waals surface area (Å²) in [5.41, 5.74) is 3.39. The predicted molar refractivity (Wildman–Crippen MR) is 58.3 cm³/mol. The molecule has 2 atom stereocenters. The monoisotopic (exact) mass is 220 g/mol. The molecule has 1 aromatic rings. The molecular formula is C12H16N2O2. The maximum absolute atomic E-state index is 11.1. The number of H-pyrrole nitrogens is 1. The zero-order valence-corrected chi connectivity index (χ0v) is 9.58. The number of hydrogen-bond donors (Lipinski definition) is 2. The Kier molecular flexibility index (Phi) is 1.77. The maximum atomic E-state index is 11.1. The van der Waals surface area contributed by atoms with Gasteiger partial charge in [0, 0.05) is 11.6 Å². The lowest BCUT2D eigenvalue weighted by Gasteiger charge is -2.00. The fraction of sp³-hybridized carbons (Fsp3) is 0.667. The van der Waals surface area contributed by atoms with Gasteiger partial charge in [0.25, 0.3) is 0 Å². The second-order valence-electron chi connectivity index (χ2n) is 5.53. The molecule has 4 nitrogen and oxygen atoms in total. The Morgan fingerprint density at radius 3 is 2.88 bits per heavy atom. The number of carbonyl (C=O) groups is 1. The third-order valence-electron chi connectivity index (χ3n) is 4.23. The summed E-state index contributed by atoms with van der Waals surface area (Å²) < 4.78 is 0. The lowest BCUT2D eigenvalue weighted by atomic mass is 10.0. The van der Waals surface area contributed by atoms with Gasteiger partial charge in [-0.1, -0.05) is 13.8 Å². The van der Waals surface area contributed by atoms with Crippen LogP contribution in [0.4, 0.5) is 0 Å². The van der Waals surface area contributed by atoms with E-state index in [2.05, 4.69) is 10.2 Å². The van der Waals surface area contributed by atoms with Gasteiger partial charge < -0.3 is 5.11 Å². The number of aromatic nitrogens is 2. The highest BCUT2D eigenvalue weighted by molar-refractivity contribution is 5.77. The van der Waals surface area contributed by atoms with Crippen LogP contribution in [0, 0.1) is 11.3 Å². The number of carboxylic acid groups (broad SMARTS) is 1. The fourth-order valence-electron chi connectivity index (χ4n) is 3.21. The van der Waals surface area contributed by atoms with Crippen LogP contribution in [0.5, 0.6) is 0 Å².